The van der Waals surface area contributed by atoms with Crippen LogP contribution in [0.3, 0.4) is 0 Å². The zero-order valence-electron chi connectivity index (χ0n) is 49.1. The van der Waals surface area contributed by atoms with E-state index in [9.17, 15) is 33.2 Å². The quantitative estimate of drug-likeness (QED) is 0.0225. The lowest BCUT2D eigenvalue weighted by Crippen LogP contribution is -2.38. The van der Waals surface area contributed by atoms with Crippen molar-refractivity contribution in [3.05, 3.63) is 207 Å². The van der Waals surface area contributed by atoms with Crippen molar-refractivity contribution in [2.24, 2.45) is 5.92 Å². The molecule has 0 spiro atoms. The summed E-state index contributed by atoms with van der Waals surface area (Å²) >= 11 is 0. The third-order valence-corrected chi connectivity index (χ3v) is 16.0. The molecule has 5 heterocycles. The molecule has 1 unspecified atom stereocenters. The molecule has 5 aromatic carbocycles. The Morgan fingerprint density at radius 1 is 0.742 bits per heavy atom. The maximum Gasteiger partial charge on any atom is 0.351 e. The molecule has 0 aliphatic carbocycles. The summed E-state index contributed by atoms with van der Waals surface area (Å²) in [6.07, 6.45) is -4.52. The Bertz CT molecular complexity index is 3800. The van der Waals surface area contributed by atoms with Crippen molar-refractivity contribution in [1.82, 2.24) is 34.4 Å². The minimum Gasteiger partial charge on any atom is -0.497 e. The van der Waals surface area contributed by atoms with E-state index in [4.69, 9.17) is 42.0 Å². The van der Waals surface area contributed by atoms with Crippen LogP contribution in [0.15, 0.2) is 168 Å². The highest BCUT2D eigenvalue weighted by atomic mass is 31.2. The number of carbonyl (C=O) groups excluding carboxylic acids is 4. The first-order valence-electron chi connectivity index (χ1n) is 28.5. The van der Waals surface area contributed by atoms with Gasteiger partial charge in [-0.2, -0.15) is 9.97 Å². The van der Waals surface area contributed by atoms with Crippen LogP contribution in [0.2, 0.25) is 0 Å². The van der Waals surface area contributed by atoms with Crippen LogP contribution < -0.4 is 36.7 Å². The second-order valence-corrected chi connectivity index (χ2v) is 22.1. The minimum atomic E-state index is -2.67. The normalized spacial score (nSPS) is 18.9. The van der Waals surface area contributed by atoms with Crippen LogP contribution in [-0.4, -0.2) is 118 Å². The van der Waals surface area contributed by atoms with Gasteiger partial charge in [0.1, 0.15) is 59.8 Å². The number of amides is 3. The summed E-state index contributed by atoms with van der Waals surface area (Å²) in [4.78, 5) is 94.2. The topological polar surface area (TPSA) is 286 Å². The number of rotatable bonds is 26. The van der Waals surface area contributed by atoms with E-state index in [1.165, 1.54) is 34.6 Å². The van der Waals surface area contributed by atoms with Crippen LogP contribution in [0.5, 0.6) is 11.5 Å². The summed E-state index contributed by atoms with van der Waals surface area (Å²) in [5.41, 5.74) is 0.269. The van der Waals surface area contributed by atoms with Gasteiger partial charge in [0.15, 0.2) is 17.8 Å². The maximum atomic E-state index is 14.2. The number of imidazole rings is 1. The van der Waals surface area contributed by atoms with Crippen molar-refractivity contribution < 1.29 is 65.6 Å². The number of fused-ring (bicyclic) bond motifs is 1. The van der Waals surface area contributed by atoms with Crippen molar-refractivity contribution >= 4 is 55.2 Å². The second kappa shape index (κ2) is 28.8. The fraction of sp³-hybridized carbons (Fsp3) is 0.317. The fourth-order valence-corrected chi connectivity index (χ4v) is 11.6. The Hall–Kier alpha value is -9.07. The van der Waals surface area contributed by atoms with Crippen LogP contribution >= 0.6 is 8.60 Å². The number of ether oxygens (including phenoxy) is 6. The molecule has 2 aliphatic rings. The van der Waals surface area contributed by atoms with E-state index in [0.29, 0.717) is 33.8 Å². The summed E-state index contributed by atoms with van der Waals surface area (Å²) in [5, 5.41) is 7.85. The van der Waals surface area contributed by atoms with Crippen LogP contribution in [0, 0.1) is 5.92 Å². The van der Waals surface area contributed by atoms with Gasteiger partial charge in [-0.1, -0.05) is 117 Å². The molecule has 26 heteroatoms. The number of methoxy groups -OCH3 is 2. The maximum absolute atomic E-state index is 14.2. The predicted octanol–water partition coefficient (Wildman–Crippen LogP) is 8.23. The summed E-state index contributed by atoms with van der Waals surface area (Å²) in [7, 11) is 0.468. The monoisotopic (exact) mass is 1240 g/mol. The average Bonchev–Trinajstić information content (AvgIpc) is 1.69. The van der Waals surface area contributed by atoms with Crippen LogP contribution in [0.4, 0.5) is 16.2 Å². The van der Waals surface area contributed by atoms with Gasteiger partial charge in [0.05, 0.1) is 39.9 Å². The van der Waals surface area contributed by atoms with Gasteiger partial charge in [-0.25, -0.2) is 14.2 Å². The highest BCUT2D eigenvalue weighted by Gasteiger charge is 2.46. The predicted molar refractivity (Wildman–Crippen MR) is 322 cm³/mol. The Morgan fingerprint density at radius 3 is 1.94 bits per heavy atom. The van der Waals surface area contributed by atoms with E-state index < -0.39 is 105 Å². The number of alkyl halides is 1. The van der Waals surface area contributed by atoms with E-state index in [1.807, 2.05) is 78.9 Å². The number of anilines is 2. The van der Waals surface area contributed by atoms with Crippen molar-refractivity contribution in [3.8, 4) is 11.5 Å². The van der Waals surface area contributed by atoms with Gasteiger partial charge in [0, 0.05) is 44.0 Å². The average molecular weight is 1240 g/mol. The summed E-state index contributed by atoms with van der Waals surface area (Å²) in [5.74, 6) is -1.78. The molecule has 0 saturated carbocycles. The van der Waals surface area contributed by atoms with Crippen molar-refractivity contribution in [3.63, 3.8) is 0 Å². The van der Waals surface area contributed by atoms with Crippen LogP contribution in [-0.2, 0) is 52.5 Å². The Morgan fingerprint density at radius 2 is 1.34 bits per heavy atom. The molecule has 10 rings (SSSR count). The highest BCUT2D eigenvalue weighted by molar-refractivity contribution is 7.41. The number of nitrogens with zero attached hydrogens (tertiary/aromatic N) is 5. The number of nitrogens with one attached hydrogen (secondary N) is 4. The standard InChI is InChI=1S/C63H65FN9O15P/c1-38(2)58(76)70-61-69-57-56(60(78)71-61)66-37-73(57)55-31-47(84-39(3)74)51(86-55)36-83-89(88-49(34-65-53(75)33-64)40-15-9-6-10-16-40)87-48-32-54(72-30-29-52(68-62(72)79)67-59(77)41-17-11-7-12-18-41)85-50(48)35-82-63(42-19-13-8-14-20-42,43-21-25-45(80-4)26-22-43)44-23-27-46(81-5)28-24-44/h6-30,37-38,47-51,54-55H,31-36H2,1-5H3,(H,65,75)(H,67,68,77,79)(H2,69,70,71,76,78)/t47-,48-,49+,50+,51+,54+,55+,89?/m0/s1. The van der Waals surface area contributed by atoms with Gasteiger partial charge >= 0.3 is 20.3 Å². The Balaban J connectivity index is 1.02. The van der Waals surface area contributed by atoms with E-state index in [0.717, 1.165) is 5.56 Å². The second-order valence-electron chi connectivity index (χ2n) is 21.0. The SMILES string of the molecule is COc1ccc(C(OC[C@H]2O[C@@H](n3ccc(NC(=O)c4ccccc4)nc3=O)C[C@@H]2OP(OC[C@H]2O[C@@H](n3cnc4c(=O)[nH]c(NC(=O)C(C)C)nc43)C[C@@H]2OC(C)=O)O[C@H](CNC(=O)CF)c2ccccc2)(c2ccccc2)c2ccc(OC)cc2)cc1. The molecule has 24 nitrogen and oxygen atoms in total. The van der Waals surface area contributed by atoms with E-state index in [2.05, 4.69) is 35.9 Å². The molecule has 89 heavy (non-hydrogen) atoms. The molecule has 0 bridgehead atoms. The van der Waals surface area contributed by atoms with Gasteiger partial charge < -0.3 is 52.6 Å². The number of halogens is 1. The third kappa shape index (κ3) is 14.9. The number of esters is 1. The van der Waals surface area contributed by atoms with E-state index in [-0.39, 0.29) is 55.5 Å². The lowest BCUT2D eigenvalue weighted by molar-refractivity contribution is -0.150. The van der Waals surface area contributed by atoms with Gasteiger partial charge in [-0.05, 0) is 64.7 Å². The van der Waals surface area contributed by atoms with Crippen molar-refractivity contribution in [2.75, 3.05) is 51.3 Å². The largest absolute Gasteiger partial charge is 0.497 e. The lowest BCUT2D eigenvalue weighted by Gasteiger charge is -2.37. The minimum absolute atomic E-state index is 0.0102. The van der Waals surface area contributed by atoms with Gasteiger partial charge in [0.2, 0.25) is 11.9 Å². The summed E-state index contributed by atoms with van der Waals surface area (Å²) < 4.78 is 74.8. The highest BCUT2D eigenvalue weighted by Crippen LogP contribution is 2.51. The fourth-order valence-electron chi connectivity index (χ4n) is 10.3. The first kappa shape index (κ1) is 63.0. The number of aromatic amines is 1. The Kier molecular flexibility index (Phi) is 20.4. The molecule has 464 valence electrons. The van der Waals surface area contributed by atoms with Crippen LogP contribution in [0.25, 0.3) is 11.2 Å². The summed E-state index contributed by atoms with van der Waals surface area (Å²) in [6, 6.07) is 43.1. The Labute approximate surface area is 510 Å². The molecule has 2 saturated heterocycles. The number of carbonyl (C=O) groups is 4. The molecule has 8 atom stereocenters. The number of H-pyrrole nitrogens is 1. The third-order valence-electron chi connectivity index (χ3n) is 14.8. The molecule has 2 aliphatic heterocycles. The summed E-state index contributed by atoms with van der Waals surface area (Å²) in [6.45, 7) is 2.44. The number of aromatic nitrogens is 6. The molecule has 0 radical (unpaired) electrons. The van der Waals surface area contributed by atoms with Crippen LogP contribution in [0.1, 0.15) is 84.8 Å². The number of hydrogen-bond donors (Lipinski definition) is 4. The van der Waals surface area contributed by atoms with Gasteiger partial charge in [-0.3, -0.25) is 43.4 Å². The molecule has 3 aromatic heterocycles. The first-order chi connectivity index (χ1) is 43.1. The van der Waals surface area contributed by atoms with Gasteiger partial charge in [0.25, 0.3) is 17.4 Å². The van der Waals surface area contributed by atoms with Crippen molar-refractivity contribution in [2.45, 2.75) is 82.2 Å². The molecule has 4 N–H and O–H groups in total. The number of benzene rings is 5. The number of hydrogen-bond acceptors (Lipinski definition) is 18. The molecule has 2 fully saturated rings. The molecular weight excluding hydrogens is 1170 g/mol. The van der Waals surface area contributed by atoms with Crippen molar-refractivity contribution in [1.29, 1.82) is 0 Å². The smallest absolute Gasteiger partial charge is 0.351 e. The molecule has 3 amide bonds. The zero-order chi connectivity index (χ0) is 62.6. The van der Waals surface area contributed by atoms with E-state index in [1.54, 1.807) is 88.7 Å². The van der Waals surface area contributed by atoms with E-state index >= 15 is 0 Å². The lowest BCUT2D eigenvalue weighted by atomic mass is 9.80. The zero-order valence-corrected chi connectivity index (χ0v) is 50.0. The molecular formula is C63H65FN9O15P. The van der Waals surface area contributed by atoms with Gasteiger partial charge in [-0.15, -0.1) is 0 Å². The molecule has 8 aromatic rings. The first-order valence-corrected chi connectivity index (χ1v) is 29.6.